The fourth-order valence-corrected chi connectivity index (χ4v) is 4.35. The highest BCUT2D eigenvalue weighted by Gasteiger charge is 2.49. The van der Waals surface area contributed by atoms with Crippen molar-refractivity contribution in [1.29, 1.82) is 0 Å². The third-order valence-corrected chi connectivity index (χ3v) is 6.15. The number of hydrogen-bond acceptors (Lipinski definition) is 5. The summed E-state index contributed by atoms with van der Waals surface area (Å²) in [6, 6.07) is 8.25. The summed E-state index contributed by atoms with van der Waals surface area (Å²) in [5, 5.41) is 2.58. The largest absolute Gasteiger partial charge is 0.435 e. The van der Waals surface area contributed by atoms with Crippen LogP contribution in [0.15, 0.2) is 36.4 Å². The summed E-state index contributed by atoms with van der Waals surface area (Å²) in [5.41, 5.74) is -1.05. The third kappa shape index (κ3) is 4.96. The van der Waals surface area contributed by atoms with Crippen LogP contribution in [-0.2, 0) is 21.7 Å². The normalized spacial score (nSPS) is 18.5. The van der Waals surface area contributed by atoms with Crippen molar-refractivity contribution in [2.75, 3.05) is 13.1 Å². The fourth-order valence-electron chi connectivity index (χ4n) is 3.24. The number of imide groups is 1. The lowest BCUT2D eigenvalue weighted by atomic mass is 9.92. The second-order valence-electron chi connectivity index (χ2n) is 6.96. The summed E-state index contributed by atoms with van der Waals surface area (Å²) in [6.07, 6.45) is 0. The van der Waals surface area contributed by atoms with Gasteiger partial charge in [-0.05, 0) is 43.7 Å². The molecule has 0 bridgehead atoms. The molecular weight excluding hydrogens is 452 g/mol. The number of amides is 4. The maximum absolute atomic E-state index is 13.0. The SMILES string of the molecule is CCN(Cc1ccc(Cl)s1)C(=O)CN1C(=O)N[C@@](C)(c2ccc(OC(F)F)cc2)C1=O. The van der Waals surface area contributed by atoms with E-state index in [1.807, 2.05) is 6.07 Å². The van der Waals surface area contributed by atoms with Crippen LogP contribution in [0.4, 0.5) is 13.6 Å². The van der Waals surface area contributed by atoms with Crippen molar-refractivity contribution in [2.45, 2.75) is 32.5 Å². The summed E-state index contributed by atoms with van der Waals surface area (Å²) < 4.78 is 29.6. The molecule has 1 saturated heterocycles. The van der Waals surface area contributed by atoms with Crippen LogP contribution in [0.2, 0.25) is 4.34 Å². The minimum absolute atomic E-state index is 0.0709. The van der Waals surface area contributed by atoms with Crippen LogP contribution in [0.3, 0.4) is 0 Å². The molecule has 0 unspecified atom stereocenters. The van der Waals surface area contributed by atoms with Crippen molar-refractivity contribution >= 4 is 40.8 Å². The van der Waals surface area contributed by atoms with Crippen LogP contribution < -0.4 is 10.1 Å². The van der Waals surface area contributed by atoms with E-state index in [0.29, 0.717) is 23.0 Å². The maximum atomic E-state index is 13.0. The third-order valence-electron chi connectivity index (χ3n) is 4.94. The van der Waals surface area contributed by atoms with Gasteiger partial charge >= 0.3 is 12.6 Å². The molecule has 1 N–H and O–H groups in total. The van der Waals surface area contributed by atoms with E-state index in [1.165, 1.54) is 47.4 Å². The Morgan fingerprint density at radius 2 is 1.94 bits per heavy atom. The Labute approximate surface area is 186 Å². The average molecular weight is 472 g/mol. The van der Waals surface area contributed by atoms with E-state index in [9.17, 15) is 23.2 Å². The molecule has 1 fully saturated rings. The number of carbonyl (C=O) groups is 3. The Balaban J connectivity index is 1.72. The molecule has 1 atom stereocenters. The molecule has 31 heavy (non-hydrogen) atoms. The van der Waals surface area contributed by atoms with Crippen molar-refractivity contribution in [2.24, 2.45) is 0 Å². The van der Waals surface area contributed by atoms with Crippen LogP contribution in [0, 0.1) is 0 Å². The molecule has 0 radical (unpaired) electrons. The number of nitrogens with zero attached hydrogens (tertiary/aromatic N) is 2. The number of likely N-dealkylation sites (N-methyl/N-ethyl adjacent to an activating group) is 1. The van der Waals surface area contributed by atoms with Crippen molar-refractivity contribution in [3.8, 4) is 5.75 Å². The summed E-state index contributed by atoms with van der Waals surface area (Å²) >= 11 is 7.28. The highest BCUT2D eigenvalue weighted by Crippen LogP contribution is 2.30. The molecule has 2 aromatic rings. The van der Waals surface area contributed by atoms with Gasteiger partial charge < -0.3 is 15.0 Å². The minimum atomic E-state index is -2.97. The number of ether oxygens (including phenoxy) is 1. The first-order valence-electron chi connectivity index (χ1n) is 9.35. The summed E-state index contributed by atoms with van der Waals surface area (Å²) in [6.45, 7) is 0.611. The molecule has 11 heteroatoms. The van der Waals surface area contributed by atoms with Crippen LogP contribution in [0.25, 0.3) is 0 Å². The zero-order valence-corrected chi connectivity index (χ0v) is 18.3. The van der Waals surface area contributed by atoms with E-state index in [0.717, 1.165) is 9.78 Å². The Kier molecular flexibility index (Phi) is 6.80. The summed E-state index contributed by atoms with van der Waals surface area (Å²) in [4.78, 5) is 41.5. The molecule has 0 aliphatic carbocycles. The van der Waals surface area contributed by atoms with Gasteiger partial charge in [-0.25, -0.2) is 4.79 Å². The van der Waals surface area contributed by atoms with Gasteiger partial charge in [0.15, 0.2) is 0 Å². The average Bonchev–Trinajstić information content (AvgIpc) is 3.22. The number of benzene rings is 1. The second kappa shape index (κ2) is 9.19. The number of halogens is 3. The molecule has 7 nitrogen and oxygen atoms in total. The summed E-state index contributed by atoms with van der Waals surface area (Å²) in [7, 11) is 0. The smallest absolute Gasteiger partial charge is 0.387 e. The van der Waals surface area contributed by atoms with E-state index in [4.69, 9.17) is 11.6 Å². The standard InChI is InChI=1S/C20H20ClF2N3O4S/c1-3-25(10-14-8-9-15(21)31-14)16(27)11-26-17(28)20(2,24-19(26)29)12-4-6-13(7-5-12)30-18(22)23/h4-9,18H,3,10-11H2,1-2H3,(H,24,29)/t20-/m0/s1. The predicted molar refractivity (Wildman–Crippen MR) is 111 cm³/mol. The number of rotatable bonds is 8. The van der Waals surface area contributed by atoms with Crippen LogP contribution in [0.1, 0.15) is 24.3 Å². The Bertz CT molecular complexity index is 985. The van der Waals surface area contributed by atoms with Gasteiger partial charge in [-0.15, -0.1) is 11.3 Å². The predicted octanol–water partition coefficient (Wildman–Crippen LogP) is 3.82. The number of nitrogens with one attached hydrogen (secondary N) is 1. The zero-order chi connectivity index (χ0) is 22.8. The van der Waals surface area contributed by atoms with Gasteiger partial charge in [-0.2, -0.15) is 8.78 Å². The van der Waals surface area contributed by atoms with Crippen LogP contribution >= 0.6 is 22.9 Å². The van der Waals surface area contributed by atoms with E-state index >= 15 is 0 Å². The van der Waals surface area contributed by atoms with Gasteiger partial charge in [0.2, 0.25) is 5.91 Å². The molecule has 166 valence electrons. The number of alkyl halides is 2. The Morgan fingerprint density at radius 3 is 2.48 bits per heavy atom. The highest BCUT2D eigenvalue weighted by atomic mass is 35.5. The van der Waals surface area contributed by atoms with Gasteiger partial charge in [-0.1, -0.05) is 23.7 Å². The molecule has 4 amide bonds. The van der Waals surface area contributed by atoms with Crippen molar-refractivity contribution in [3.05, 3.63) is 51.2 Å². The van der Waals surface area contributed by atoms with E-state index in [1.54, 1.807) is 13.0 Å². The lowest BCUT2D eigenvalue weighted by Gasteiger charge is -2.24. The van der Waals surface area contributed by atoms with Gasteiger partial charge in [-0.3, -0.25) is 14.5 Å². The first kappa shape index (κ1) is 23.0. The lowest BCUT2D eigenvalue weighted by Crippen LogP contribution is -2.44. The quantitative estimate of drug-likeness (QED) is 0.594. The van der Waals surface area contributed by atoms with Gasteiger partial charge in [0.25, 0.3) is 5.91 Å². The zero-order valence-electron chi connectivity index (χ0n) is 16.7. The van der Waals surface area contributed by atoms with Crippen LogP contribution in [-0.4, -0.2) is 47.3 Å². The minimum Gasteiger partial charge on any atom is -0.435 e. The Hall–Kier alpha value is -2.72. The van der Waals surface area contributed by atoms with E-state index in [2.05, 4.69) is 10.1 Å². The van der Waals surface area contributed by atoms with Crippen molar-refractivity contribution in [1.82, 2.24) is 15.1 Å². The number of hydrogen-bond donors (Lipinski definition) is 1. The molecule has 1 aromatic carbocycles. The van der Waals surface area contributed by atoms with Crippen molar-refractivity contribution in [3.63, 3.8) is 0 Å². The maximum Gasteiger partial charge on any atom is 0.387 e. The molecule has 3 rings (SSSR count). The van der Waals surface area contributed by atoms with Gasteiger partial charge in [0.05, 0.1) is 10.9 Å². The summed E-state index contributed by atoms with van der Waals surface area (Å²) in [5.74, 6) is -1.07. The molecule has 2 heterocycles. The molecule has 0 saturated carbocycles. The molecule has 1 aliphatic heterocycles. The fraction of sp³-hybridized carbons (Fsp3) is 0.350. The molecule has 1 aliphatic rings. The van der Waals surface area contributed by atoms with Crippen LogP contribution in [0.5, 0.6) is 5.75 Å². The van der Waals surface area contributed by atoms with Crippen molar-refractivity contribution < 1.29 is 27.9 Å². The van der Waals surface area contributed by atoms with E-state index in [-0.39, 0.29) is 11.7 Å². The van der Waals surface area contributed by atoms with Gasteiger partial charge in [0, 0.05) is 11.4 Å². The number of thiophene rings is 1. The monoisotopic (exact) mass is 471 g/mol. The number of carbonyl (C=O) groups excluding carboxylic acids is 3. The van der Waals surface area contributed by atoms with Gasteiger partial charge in [0.1, 0.15) is 17.8 Å². The first-order valence-corrected chi connectivity index (χ1v) is 10.5. The lowest BCUT2D eigenvalue weighted by molar-refractivity contribution is -0.139. The number of urea groups is 1. The molecular formula is C20H20ClF2N3O4S. The highest BCUT2D eigenvalue weighted by molar-refractivity contribution is 7.16. The molecule has 1 aromatic heterocycles. The first-order chi connectivity index (χ1) is 14.6. The molecule has 0 spiro atoms. The topological polar surface area (TPSA) is 79.0 Å². The second-order valence-corrected chi connectivity index (χ2v) is 8.76. The Morgan fingerprint density at radius 1 is 1.26 bits per heavy atom. The van der Waals surface area contributed by atoms with E-state index < -0.39 is 30.6 Å².